The molecule has 1 amide bonds. The predicted molar refractivity (Wildman–Crippen MR) is 87.2 cm³/mol. The molecule has 1 aliphatic rings. The molecule has 1 aliphatic heterocycles. The first kappa shape index (κ1) is 16.9. The maximum absolute atomic E-state index is 12.3. The van der Waals surface area contributed by atoms with E-state index >= 15 is 0 Å². The zero-order chi connectivity index (χ0) is 15.9. The van der Waals surface area contributed by atoms with Crippen LogP contribution in [0.5, 0.6) is 11.5 Å². The van der Waals surface area contributed by atoms with Crippen LogP contribution in [-0.2, 0) is 4.79 Å². The highest BCUT2D eigenvalue weighted by Crippen LogP contribution is 2.35. The lowest BCUT2D eigenvalue weighted by Gasteiger charge is -2.17. The molecule has 5 nitrogen and oxygen atoms in total. The highest BCUT2D eigenvalue weighted by Gasteiger charge is 2.18. The number of anilines is 1. The van der Waals surface area contributed by atoms with Gasteiger partial charge in [0.2, 0.25) is 0 Å². The molecule has 0 radical (unpaired) electrons. The van der Waals surface area contributed by atoms with Crippen molar-refractivity contribution >= 4 is 23.2 Å². The van der Waals surface area contributed by atoms with Crippen LogP contribution in [0.25, 0.3) is 0 Å². The second kappa shape index (κ2) is 8.25. The Morgan fingerprint density at radius 2 is 1.77 bits per heavy atom. The molecule has 0 saturated carbocycles. The molecule has 1 heterocycles. The van der Waals surface area contributed by atoms with Crippen LogP contribution in [0.4, 0.5) is 5.69 Å². The summed E-state index contributed by atoms with van der Waals surface area (Å²) in [6.07, 6.45) is 4.93. The van der Waals surface area contributed by atoms with Crippen LogP contribution < -0.4 is 19.7 Å². The first-order valence-electron chi connectivity index (χ1n) is 7.69. The lowest BCUT2D eigenvalue weighted by Crippen LogP contribution is -3.12. The van der Waals surface area contributed by atoms with Crippen molar-refractivity contribution in [2.75, 3.05) is 39.2 Å². The molecule has 2 N–H and O–H groups in total. The van der Waals surface area contributed by atoms with E-state index in [1.54, 1.807) is 26.4 Å². The Labute approximate surface area is 136 Å². The summed E-state index contributed by atoms with van der Waals surface area (Å²) in [5.74, 6) is 1.03. The van der Waals surface area contributed by atoms with Gasteiger partial charge in [0.1, 0.15) is 11.5 Å². The summed E-state index contributed by atoms with van der Waals surface area (Å²) in [6, 6.07) is 3.34. The van der Waals surface area contributed by atoms with E-state index in [4.69, 9.17) is 21.1 Å². The van der Waals surface area contributed by atoms with E-state index in [9.17, 15) is 4.79 Å². The Morgan fingerprint density at radius 1 is 1.14 bits per heavy atom. The van der Waals surface area contributed by atoms with Gasteiger partial charge in [-0.25, -0.2) is 0 Å². The van der Waals surface area contributed by atoms with Gasteiger partial charge in [0.15, 0.2) is 6.54 Å². The van der Waals surface area contributed by atoms with Gasteiger partial charge in [-0.05, 0) is 25.7 Å². The number of hydrogen-bond acceptors (Lipinski definition) is 3. The number of methoxy groups -OCH3 is 2. The number of benzene rings is 1. The van der Waals surface area contributed by atoms with Crippen LogP contribution in [0, 0.1) is 0 Å². The fourth-order valence-electron chi connectivity index (χ4n) is 2.78. The molecule has 1 fully saturated rings. The van der Waals surface area contributed by atoms with Gasteiger partial charge < -0.3 is 19.7 Å². The SMILES string of the molecule is COc1cc(NC(=O)C[NH+]2CCCCCC2)c(OC)cc1Cl. The van der Waals surface area contributed by atoms with E-state index < -0.39 is 0 Å². The third-order valence-corrected chi connectivity index (χ3v) is 4.26. The average molecular weight is 328 g/mol. The first-order valence-corrected chi connectivity index (χ1v) is 8.06. The van der Waals surface area contributed by atoms with Crippen LogP contribution in [0.2, 0.25) is 5.02 Å². The van der Waals surface area contributed by atoms with Crippen molar-refractivity contribution in [2.24, 2.45) is 0 Å². The topological polar surface area (TPSA) is 52.0 Å². The van der Waals surface area contributed by atoms with E-state index in [0.29, 0.717) is 28.8 Å². The number of hydrogen-bond donors (Lipinski definition) is 2. The second-order valence-corrected chi connectivity index (χ2v) is 5.98. The van der Waals surface area contributed by atoms with Gasteiger partial charge in [-0.3, -0.25) is 4.79 Å². The molecule has 1 saturated heterocycles. The van der Waals surface area contributed by atoms with Crippen molar-refractivity contribution in [1.82, 2.24) is 0 Å². The maximum atomic E-state index is 12.3. The standard InChI is InChI=1S/C16H23ClN2O3/c1-21-14-10-13(15(22-2)9-12(14)17)18-16(20)11-19-7-5-3-4-6-8-19/h9-10H,3-8,11H2,1-2H3,(H,18,20)/p+1. The van der Waals surface area contributed by atoms with Crippen LogP contribution >= 0.6 is 11.6 Å². The Hall–Kier alpha value is -1.46. The minimum absolute atomic E-state index is 0.0143. The van der Waals surface area contributed by atoms with Crippen molar-refractivity contribution in [2.45, 2.75) is 25.7 Å². The third-order valence-electron chi connectivity index (χ3n) is 3.97. The minimum atomic E-state index is -0.0143. The molecular weight excluding hydrogens is 304 g/mol. The van der Waals surface area contributed by atoms with Crippen molar-refractivity contribution in [3.63, 3.8) is 0 Å². The number of likely N-dealkylation sites (tertiary alicyclic amines) is 1. The number of ether oxygens (including phenoxy) is 2. The molecular formula is C16H24ClN2O3+. The number of amides is 1. The van der Waals surface area contributed by atoms with E-state index in [2.05, 4.69) is 5.32 Å². The zero-order valence-corrected chi connectivity index (χ0v) is 14.0. The quantitative estimate of drug-likeness (QED) is 0.866. The molecule has 0 aromatic heterocycles. The highest BCUT2D eigenvalue weighted by atomic mass is 35.5. The molecule has 0 spiro atoms. The lowest BCUT2D eigenvalue weighted by molar-refractivity contribution is -0.890. The van der Waals surface area contributed by atoms with Crippen LogP contribution in [0.15, 0.2) is 12.1 Å². The average Bonchev–Trinajstić information content (AvgIpc) is 2.77. The van der Waals surface area contributed by atoms with Gasteiger partial charge in [-0.15, -0.1) is 0 Å². The number of nitrogens with one attached hydrogen (secondary N) is 2. The van der Waals surface area contributed by atoms with Gasteiger partial charge in [0, 0.05) is 12.1 Å². The maximum Gasteiger partial charge on any atom is 0.279 e. The van der Waals surface area contributed by atoms with Gasteiger partial charge in [-0.2, -0.15) is 0 Å². The first-order chi connectivity index (χ1) is 10.6. The summed E-state index contributed by atoms with van der Waals surface area (Å²) >= 11 is 6.07. The number of carbonyl (C=O) groups excluding carboxylic acids is 1. The Bertz CT molecular complexity index is 514. The summed E-state index contributed by atoms with van der Waals surface area (Å²) in [6.45, 7) is 2.61. The summed E-state index contributed by atoms with van der Waals surface area (Å²) in [7, 11) is 3.09. The molecule has 0 aliphatic carbocycles. The third kappa shape index (κ3) is 4.52. The number of quaternary nitrogens is 1. The summed E-state index contributed by atoms with van der Waals surface area (Å²) < 4.78 is 10.5. The van der Waals surface area contributed by atoms with E-state index in [0.717, 1.165) is 13.1 Å². The van der Waals surface area contributed by atoms with E-state index in [-0.39, 0.29) is 5.91 Å². The van der Waals surface area contributed by atoms with Gasteiger partial charge in [0.05, 0.1) is 38.0 Å². The molecule has 22 heavy (non-hydrogen) atoms. The lowest BCUT2D eigenvalue weighted by atomic mass is 10.2. The van der Waals surface area contributed by atoms with Crippen LogP contribution in [0.3, 0.4) is 0 Å². The monoisotopic (exact) mass is 327 g/mol. The largest absolute Gasteiger partial charge is 0.495 e. The molecule has 0 bridgehead atoms. The van der Waals surface area contributed by atoms with Crippen LogP contribution in [0.1, 0.15) is 25.7 Å². The fourth-order valence-corrected chi connectivity index (χ4v) is 3.02. The van der Waals surface area contributed by atoms with E-state index in [1.807, 2.05) is 0 Å². The molecule has 1 aromatic rings. The Balaban J connectivity index is 2.03. The van der Waals surface area contributed by atoms with Gasteiger partial charge >= 0.3 is 0 Å². The smallest absolute Gasteiger partial charge is 0.279 e. The number of rotatable bonds is 5. The van der Waals surface area contributed by atoms with Crippen molar-refractivity contribution in [3.8, 4) is 11.5 Å². The number of halogens is 1. The molecule has 1 aromatic carbocycles. The molecule has 2 rings (SSSR count). The summed E-state index contributed by atoms with van der Waals surface area (Å²) in [5, 5.41) is 3.36. The zero-order valence-electron chi connectivity index (χ0n) is 13.2. The minimum Gasteiger partial charge on any atom is -0.495 e. The predicted octanol–water partition coefficient (Wildman–Crippen LogP) is 1.75. The Kier molecular flexibility index (Phi) is 6.34. The fraction of sp³-hybridized carbons (Fsp3) is 0.562. The highest BCUT2D eigenvalue weighted by molar-refractivity contribution is 6.32. The summed E-state index contributed by atoms with van der Waals surface area (Å²) in [4.78, 5) is 13.6. The van der Waals surface area contributed by atoms with Crippen molar-refractivity contribution in [1.29, 1.82) is 0 Å². The van der Waals surface area contributed by atoms with E-state index in [1.165, 1.54) is 30.6 Å². The number of carbonyl (C=O) groups is 1. The van der Waals surface area contributed by atoms with Crippen LogP contribution in [-0.4, -0.2) is 39.8 Å². The summed E-state index contributed by atoms with van der Waals surface area (Å²) in [5.41, 5.74) is 0.586. The molecule has 6 heteroatoms. The molecule has 122 valence electrons. The van der Waals surface area contributed by atoms with Crippen molar-refractivity contribution < 1.29 is 19.2 Å². The molecule has 0 unspecified atom stereocenters. The second-order valence-electron chi connectivity index (χ2n) is 5.58. The Morgan fingerprint density at radius 3 is 2.36 bits per heavy atom. The van der Waals surface area contributed by atoms with Crippen molar-refractivity contribution in [3.05, 3.63) is 17.2 Å². The normalized spacial score (nSPS) is 16.0. The molecule has 0 atom stereocenters. The van der Waals surface area contributed by atoms with Gasteiger partial charge in [-0.1, -0.05) is 11.6 Å². The van der Waals surface area contributed by atoms with Gasteiger partial charge in [0.25, 0.3) is 5.91 Å².